The molecule has 0 spiro atoms. The highest BCUT2D eigenvalue weighted by Gasteiger charge is 2.30. The Kier molecular flexibility index (Phi) is 7.18. The Morgan fingerprint density at radius 3 is 2.67 bits per heavy atom. The third-order valence-electron chi connectivity index (χ3n) is 5.95. The van der Waals surface area contributed by atoms with E-state index in [2.05, 4.69) is 24.1 Å². The van der Waals surface area contributed by atoms with Crippen LogP contribution in [-0.2, 0) is 9.53 Å². The Morgan fingerprint density at radius 1 is 1.22 bits per heavy atom. The van der Waals surface area contributed by atoms with E-state index < -0.39 is 0 Å². The average Bonchev–Trinajstić information content (AvgIpc) is 2.62. The fourth-order valence-electron chi connectivity index (χ4n) is 4.45. The van der Waals surface area contributed by atoms with E-state index in [1.165, 1.54) is 25.8 Å². The molecule has 2 aliphatic heterocycles. The van der Waals surface area contributed by atoms with E-state index in [-0.39, 0.29) is 11.5 Å². The molecular formula is C22H33ClN2O2. The lowest BCUT2D eigenvalue weighted by Gasteiger charge is -2.39. The summed E-state index contributed by atoms with van der Waals surface area (Å²) >= 11 is 6.10. The normalized spacial score (nSPS) is 23.9. The van der Waals surface area contributed by atoms with E-state index in [0.717, 1.165) is 38.5 Å². The molecule has 2 fully saturated rings. The minimum atomic E-state index is 0.0379. The Bertz CT molecular complexity index is 626. The van der Waals surface area contributed by atoms with Gasteiger partial charge in [0.25, 0.3) is 0 Å². The number of ether oxygens (including phenoxy) is 1. The number of benzene rings is 1. The number of anilines is 1. The van der Waals surface area contributed by atoms with Crippen LogP contribution < -0.4 is 5.32 Å². The number of likely N-dealkylation sites (tertiary alicyclic amines) is 1. The second-order valence-corrected chi connectivity index (χ2v) is 9.18. The van der Waals surface area contributed by atoms with Gasteiger partial charge in [-0.2, -0.15) is 0 Å². The van der Waals surface area contributed by atoms with Crippen molar-refractivity contribution < 1.29 is 9.53 Å². The van der Waals surface area contributed by atoms with Gasteiger partial charge in [-0.15, -0.1) is 0 Å². The Morgan fingerprint density at radius 2 is 1.96 bits per heavy atom. The molecule has 3 rings (SSSR count). The Hall–Kier alpha value is -1.10. The highest BCUT2D eigenvalue weighted by molar-refractivity contribution is 6.33. The van der Waals surface area contributed by atoms with Crippen molar-refractivity contribution in [1.82, 2.24) is 4.90 Å². The van der Waals surface area contributed by atoms with Crippen molar-refractivity contribution >= 4 is 23.2 Å². The number of amides is 1. The zero-order valence-electron chi connectivity index (χ0n) is 16.7. The van der Waals surface area contributed by atoms with E-state index in [0.29, 0.717) is 23.0 Å². The van der Waals surface area contributed by atoms with Gasteiger partial charge in [-0.25, -0.2) is 0 Å². The van der Waals surface area contributed by atoms with Crippen LogP contribution in [-0.4, -0.2) is 42.6 Å². The molecule has 2 saturated heterocycles. The minimum Gasteiger partial charge on any atom is -0.376 e. The number of carbonyl (C=O) groups excluding carboxylic acids is 1. The summed E-state index contributed by atoms with van der Waals surface area (Å²) in [6.45, 7) is 8.84. The maximum Gasteiger partial charge on any atom is 0.224 e. The van der Waals surface area contributed by atoms with Crippen LogP contribution in [0.1, 0.15) is 52.4 Å². The molecule has 27 heavy (non-hydrogen) atoms. The number of hydrogen-bond donors (Lipinski definition) is 1. The van der Waals surface area contributed by atoms with Crippen LogP contribution in [0.4, 0.5) is 5.69 Å². The molecule has 0 radical (unpaired) electrons. The molecular weight excluding hydrogens is 360 g/mol. The predicted octanol–water partition coefficient (Wildman–Crippen LogP) is 4.98. The summed E-state index contributed by atoms with van der Waals surface area (Å²) < 4.78 is 5.84. The molecule has 1 N–H and O–H groups in total. The quantitative estimate of drug-likeness (QED) is 0.742. The molecule has 0 saturated carbocycles. The van der Waals surface area contributed by atoms with E-state index in [1.54, 1.807) is 6.07 Å². The van der Waals surface area contributed by atoms with Gasteiger partial charge in [0.2, 0.25) is 5.91 Å². The standard InChI is InChI=1S/C22H33ClN2O2/c1-22(2)15-18(11-14-27-22)16-25-12-9-17(10-13-25)7-8-21(26)24-20-6-4-3-5-19(20)23/h3-6,17-18H,7-16H2,1-2H3,(H,24,26). The molecule has 2 heterocycles. The molecule has 4 nitrogen and oxygen atoms in total. The van der Waals surface area contributed by atoms with Crippen molar-refractivity contribution in [1.29, 1.82) is 0 Å². The van der Waals surface area contributed by atoms with Crippen LogP contribution in [0.5, 0.6) is 0 Å². The first-order chi connectivity index (χ1) is 12.9. The number of hydrogen-bond acceptors (Lipinski definition) is 3. The lowest BCUT2D eigenvalue weighted by molar-refractivity contribution is -0.116. The number of nitrogens with one attached hydrogen (secondary N) is 1. The van der Waals surface area contributed by atoms with Gasteiger partial charge in [0.1, 0.15) is 0 Å². The van der Waals surface area contributed by atoms with E-state index in [9.17, 15) is 4.79 Å². The molecule has 2 aliphatic rings. The number of carbonyl (C=O) groups is 1. The summed E-state index contributed by atoms with van der Waals surface area (Å²) in [4.78, 5) is 14.8. The highest BCUT2D eigenvalue weighted by Crippen LogP contribution is 2.31. The minimum absolute atomic E-state index is 0.0379. The molecule has 1 amide bonds. The van der Waals surface area contributed by atoms with Gasteiger partial charge >= 0.3 is 0 Å². The van der Waals surface area contributed by atoms with Gasteiger partial charge in [0.15, 0.2) is 0 Å². The largest absolute Gasteiger partial charge is 0.376 e. The molecule has 0 aromatic heterocycles. The van der Waals surface area contributed by atoms with Gasteiger partial charge in [0, 0.05) is 19.6 Å². The third kappa shape index (κ3) is 6.48. The molecule has 150 valence electrons. The Balaban J connectivity index is 1.35. The summed E-state index contributed by atoms with van der Waals surface area (Å²) in [5.41, 5.74) is 0.745. The van der Waals surface area contributed by atoms with Gasteiger partial charge in [-0.05, 0) is 83.0 Å². The van der Waals surface area contributed by atoms with Gasteiger partial charge in [-0.3, -0.25) is 4.79 Å². The smallest absolute Gasteiger partial charge is 0.224 e. The van der Waals surface area contributed by atoms with Crippen LogP contribution in [0, 0.1) is 11.8 Å². The lowest BCUT2D eigenvalue weighted by atomic mass is 9.86. The average molecular weight is 393 g/mol. The van der Waals surface area contributed by atoms with Gasteiger partial charge in [-0.1, -0.05) is 23.7 Å². The van der Waals surface area contributed by atoms with Crippen LogP contribution >= 0.6 is 11.6 Å². The number of para-hydroxylation sites is 1. The second-order valence-electron chi connectivity index (χ2n) is 8.78. The molecule has 5 heteroatoms. The topological polar surface area (TPSA) is 41.6 Å². The number of nitrogens with zero attached hydrogens (tertiary/aromatic N) is 1. The zero-order chi connectivity index (χ0) is 19.3. The first-order valence-corrected chi connectivity index (χ1v) is 10.7. The van der Waals surface area contributed by atoms with Gasteiger partial charge in [0.05, 0.1) is 16.3 Å². The summed E-state index contributed by atoms with van der Waals surface area (Å²) in [5, 5.41) is 3.52. The molecule has 1 aromatic rings. The zero-order valence-corrected chi connectivity index (χ0v) is 17.4. The molecule has 1 aromatic carbocycles. The highest BCUT2D eigenvalue weighted by atomic mass is 35.5. The fraction of sp³-hybridized carbons (Fsp3) is 0.682. The van der Waals surface area contributed by atoms with Crippen LogP contribution in [0.15, 0.2) is 24.3 Å². The predicted molar refractivity (Wildman–Crippen MR) is 111 cm³/mol. The summed E-state index contributed by atoms with van der Waals surface area (Å²) in [7, 11) is 0. The number of rotatable bonds is 6. The second kappa shape index (κ2) is 9.40. The SMILES string of the molecule is CC1(C)CC(CN2CCC(CCC(=O)Nc3ccccc3Cl)CC2)CCO1. The molecule has 1 unspecified atom stereocenters. The number of piperidine rings is 1. The number of halogens is 1. The van der Waals surface area contributed by atoms with Crippen LogP contribution in [0.2, 0.25) is 5.02 Å². The summed E-state index contributed by atoms with van der Waals surface area (Å²) in [6, 6.07) is 7.40. The summed E-state index contributed by atoms with van der Waals surface area (Å²) in [6.07, 6.45) is 6.29. The lowest BCUT2D eigenvalue weighted by Crippen LogP contribution is -2.42. The van der Waals surface area contributed by atoms with Crippen LogP contribution in [0.25, 0.3) is 0 Å². The fourth-order valence-corrected chi connectivity index (χ4v) is 4.63. The maximum atomic E-state index is 12.2. The van der Waals surface area contributed by atoms with Crippen molar-refractivity contribution in [3.63, 3.8) is 0 Å². The van der Waals surface area contributed by atoms with Crippen LogP contribution in [0.3, 0.4) is 0 Å². The molecule has 0 bridgehead atoms. The molecule has 0 aliphatic carbocycles. The summed E-state index contributed by atoms with van der Waals surface area (Å²) in [5.74, 6) is 1.48. The first-order valence-electron chi connectivity index (χ1n) is 10.3. The van der Waals surface area contributed by atoms with Gasteiger partial charge < -0.3 is 15.0 Å². The van der Waals surface area contributed by atoms with E-state index in [1.807, 2.05) is 18.2 Å². The monoisotopic (exact) mass is 392 g/mol. The van der Waals surface area contributed by atoms with Crippen molar-refractivity contribution in [2.45, 2.75) is 58.0 Å². The third-order valence-corrected chi connectivity index (χ3v) is 6.28. The molecule has 1 atom stereocenters. The van der Waals surface area contributed by atoms with Crippen molar-refractivity contribution in [2.75, 3.05) is 31.6 Å². The van der Waals surface area contributed by atoms with E-state index >= 15 is 0 Å². The van der Waals surface area contributed by atoms with Crippen molar-refractivity contribution in [2.24, 2.45) is 11.8 Å². The van der Waals surface area contributed by atoms with Crippen molar-refractivity contribution in [3.8, 4) is 0 Å². The maximum absolute atomic E-state index is 12.2. The van der Waals surface area contributed by atoms with Crippen molar-refractivity contribution in [3.05, 3.63) is 29.3 Å². The first kappa shape index (κ1) is 20.6. The Labute approximate surface area is 168 Å². The van der Waals surface area contributed by atoms with E-state index in [4.69, 9.17) is 16.3 Å².